The maximum absolute atomic E-state index is 13.7. The molecule has 0 N–H and O–H groups in total. The van der Waals surface area contributed by atoms with Crippen LogP contribution in [0.5, 0.6) is 11.5 Å². The zero-order chi connectivity index (χ0) is 37.1. The average Bonchev–Trinajstić information content (AvgIpc) is 3.47. The van der Waals surface area contributed by atoms with E-state index in [1.807, 2.05) is 78.9 Å². The first-order valence-corrected chi connectivity index (χ1v) is 18.0. The molecule has 1 aromatic heterocycles. The van der Waals surface area contributed by atoms with Gasteiger partial charge in [-0.2, -0.15) is 13.0 Å². The minimum Gasteiger partial charge on any atom is -0.497 e. The van der Waals surface area contributed by atoms with Crippen LogP contribution in [0, 0.1) is 6.92 Å². The number of rotatable bonds is 11. The fourth-order valence-corrected chi connectivity index (χ4v) is 6.65. The lowest BCUT2D eigenvalue weighted by molar-refractivity contribution is -0.0912. The van der Waals surface area contributed by atoms with Gasteiger partial charge < -0.3 is 23.7 Å². The lowest BCUT2D eigenvalue weighted by Gasteiger charge is -2.37. The lowest BCUT2D eigenvalue weighted by Crippen LogP contribution is -2.47. The van der Waals surface area contributed by atoms with Gasteiger partial charge >= 0.3 is 11.8 Å². The number of hydrogen-bond acceptors (Lipinski definition) is 11. The number of aryl methyl sites for hydroxylation is 1. The van der Waals surface area contributed by atoms with Crippen LogP contribution in [-0.4, -0.2) is 68.5 Å². The topological polar surface area (TPSA) is 151 Å². The van der Waals surface area contributed by atoms with Crippen LogP contribution >= 0.6 is 0 Å². The molecule has 3 atom stereocenters. The first-order chi connectivity index (χ1) is 24.1. The van der Waals surface area contributed by atoms with Crippen LogP contribution < -0.4 is 20.7 Å². The van der Waals surface area contributed by atoms with E-state index in [2.05, 4.69) is 0 Å². The van der Waals surface area contributed by atoms with Crippen LogP contribution in [-0.2, 0) is 34.1 Å². The molecule has 1 aliphatic heterocycles. The number of carbonyl (C=O) groups excluding carboxylic acids is 1. The van der Waals surface area contributed by atoms with Crippen molar-refractivity contribution in [3.8, 4) is 11.5 Å². The molecule has 0 spiro atoms. The van der Waals surface area contributed by atoms with Crippen molar-refractivity contribution < 1.29 is 41.1 Å². The van der Waals surface area contributed by atoms with Gasteiger partial charge in [0.25, 0.3) is 15.7 Å². The molecule has 1 aliphatic rings. The van der Waals surface area contributed by atoms with Gasteiger partial charge in [-0.05, 0) is 68.7 Å². The summed E-state index contributed by atoms with van der Waals surface area (Å²) in [6.45, 7) is 6.04. The Bertz CT molecular complexity index is 2020. The first kappa shape index (κ1) is 37.5. The maximum atomic E-state index is 13.7. The quantitative estimate of drug-likeness (QED) is 0.156. The number of nitrogens with zero attached hydrogens (tertiary/aromatic N) is 2. The molecule has 3 aromatic carbocycles. The van der Waals surface area contributed by atoms with Crippen molar-refractivity contribution in [2.75, 3.05) is 27.1 Å². The molecule has 0 unspecified atom stereocenters. The second-order valence-electron chi connectivity index (χ2n) is 13.1. The molecule has 0 aliphatic carbocycles. The van der Waals surface area contributed by atoms with Crippen LogP contribution in [0.2, 0.25) is 0 Å². The average molecular weight is 723 g/mol. The zero-order valence-corrected chi connectivity index (χ0v) is 30.3. The summed E-state index contributed by atoms with van der Waals surface area (Å²) < 4.78 is 61.4. The molecule has 0 amide bonds. The van der Waals surface area contributed by atoms with Crippen molar-refractivity contribution in [2.45, 2.75) is 63.8 Å². The van der Waals surface area contributed by atoms with Crippen molar-refractivity contribution in [3.63, 3.8) is 0 Å². The Hall–Kier alpha value is -4.76. The van der Waals surface area contributed by atoms with Crippen LogP contribution in [0.15, 0.2) is 94.6 Å². The zero-order valence-electron chi connectivity index (χ0n) is 29.5. The number of hydrogen-bond donors (Lipinski definition) is 0. The smallest absolute Gasteiger partial charge is 0.425 e. The highest BCUT2D eigenvalue weighted by molar-refractivity contribution is 7.86. The molecule has 0 radical (unpaired) electrons. The van der Waals surface area contributed by atoms with Gasteiger partial charge in [-0.3, -0.25) is 13.5 Å². The second-order valence-corrected chi connectivity index (χ2v) is 14.7. The number of benzene rings is 3. The van der Waals surface area contributed by atoms with E-state index in [9.17, 15) is 22.8 Å². The molecule has 0 saturated carbocycles. The Morgan fingerprint density at radius 2 is 1.39 bits per heavy atom. The normalized spacial score (nSPS) is 18.0. The van der Waals surface area contributed by atoms with Crippen molar-refractivity contribution in [1.29, 1.82) is 0 Å². The van der Waals surface area contributed by atoms with Gasteiger partial charge in [-0.1, -0.05) is 54.6 Å². The Morgan fingerprint density at radius 3 is 1.88 bits per heavy atom. The van der Waals surface area contributed by atoms with E-state index >= 15 is 0 Å². The third kappa shape index (κ3) is 8.25. The standard InChI is InChI=1S/C37H42N2O11S/c1-24-22-38(34(41)39(33(24)40)35(42)49-36(2,3)4)32-21-30(50-51(7,43)44)31(48-32)23-47-37(25-11-9-8-10-12-25,26-13-17-28(45-5)18-14-26)27-15-19-29(46-6)20-16-27/h8-20,22,30-32H,21,23H2,1-7H3/t30-,31-,32-/m1/s1. The molecule has 2 heterocycles. The van der Waals surface area contributed by atoms with E-state index in [0.29, 0.717) is 16.1 Å². The summed E-state index contributed by atoms with van der Waals surface area (Å²) in [4.78, 5) is 39.6. The third-order valence-corrected chi connectivity index (χ3v) is 8.88. The van der Waals surface area contributed by atoms with Crippen molar-refractivity contribution in [3.05, 3.63) is 128 Å². The van der Waals surface area contributed by atoms with Crippen LogP contribution in [0.4, 0.5) is 4.79 Å². The monoisotopic (exact) mass is 722 g/mol. The predicted molar refractivity (Wildman–Crippen MR) is 188 cm³/mol. The summed E-state index contributed by atoms with van der Waals surface area (Å²) >= 11 is 0. The number of ether oxygens (including phenoxy) is 5. The highest BCUT2D eigenvalue weighted by Crippen LogP contribution is 2.43. The molecule has 1 fully saturated rings. The molecule has 14 heteroatoms. The van der Waals surface area contributed by atoms with Gasteiger partial charge in [0.05, 0.1) is 27.1 Å². The minimum atomic E-state index is -4.02. The fraction of sp³-hybridized carbons (Fsp3) is 0.378. The van der Waals surface area contributed by atoms with Crippen LogP contribution in [0.1, 0.15) is 55.7 Å². The first-order valence-electron chi connectivity index (χ1n) is 16.2. The van der Waals surface area contributed by atoms with E-state index in [1.165, 1.54) is 13.1 Å². The van der Waals surface area contributed by atoms with Crippen molar-refractivity contribution in [1.82, 2.24) is 9.13 Å². The van der Waals surface area contributed by atoms with E-state index < -0.39 is 57.1 Å². The van der Waals surface area contributed by atoms with Gasteiger partial charge in [0, 0.05) is 18.2 Å². The number of methoxy groups -OCH3 is 2. The van der Waals surface area contributed by atoms with E-state index in [-0.39, 0.29) is 18.6 Å². The fourth-order valence-electron chi connectivity index (χ4n) is 6.00. The molecule has 5 rings (SSSR count). The van der Waals surface area contributed by atoms with E-state index in [4.69, 9.17) is 27.9 Å². The molecule has 51 heavy (non-hydrogen) atoms. The molecule has 13 nitrogen and oxygen atoms in total. The summed E-state index contributed by atoms with van der Waals surface area (Å²) in [7, 11) is -0.877. The molecular weight excluding hydrogens is 680 g/mol. The summed E-state index contributed by atoms with van der Waals surface area (Å²) in [5, 5.41) is 0. The Kier molecular flexibility index (Phi) is 10.9. The van der Waals surface area contributed by atoms with E-state index in [1.54, 1.807) is 35.0 Å². The summed E-state index contributed by atoms with van der Waals surface area (Å²) in [5.41, 5.74) is -1.85. The summed E-state index contributed by atoms with van der Waals surface area (Å²) in [6, 6.07) is 24.2. The minimum absolute atomic E-state index is 0.0615. The Labute approximate surface area is 296 Å². The number of carbonyl (C=O) groups is 1. The largest absolute Gasteiger partial charge is 0.497 e. The van der Waals surface area contributed by atoms with Crippen molar-refractivity contribution >= 4 is 16.2 Å². The molecule has 272 valence electrons. The Morgan fingerprint density at radius 1 is 0.863 bits per heavy atom. The van der Waals surface area contributed by atoms with E-state index in [0.717, 1.165) is 27.5 Å². The highest BCUT2D eigenvalue weighted by atomic mass is 32.2. The van der Waals surface area contributed by atoms with Gasteiger partial charge in [0.1, 0.15) is 41.1 Å². The van der Waals surface area contributed by atoms with Crippen molar-refractivity contribution in [2.24, 2.45) is 0 Å². The molecular formula is C37H42N2O11S. The van der Waals surface area contributed by atoms with Crippen LogP contribution in [0.3, 0.4) is 0 Å². The summed E-state index contributed by atoms with van der Waals surface area (Å²) in [6.07, 6.45) is -2.39. The number of aromatic nitrogens is 2. The van der Waals surface area contributed by atoms with Gasteiger partial charge in [-0.25, -0.2) is 9.59 Å². The lowest BCUT2D eigenvalue weighted by atomic mass is 9.80. The third-order valence-electron chi connectivity index (χ3n) is 8.29. The maximum Gasteiger partial charge on any atom is 0.425 e. The van der Waals surface area contributed by atoms with Gasteiger partial charge in [-0.15, -0.1) is 0 Å². The Balaban J connectivity index is 1.59. The highest BCUT2D eigenvalue weighted by Gasteiger charge is 2.44. The van der Waals surface area contributed by atoms with Gasteiger partial charge in [0.15, 0.2) is 0 Å². The molecule has 4 aromatic rings. The SMILES string of the molecule is COc1ccc(C(OC[C@H]2O[C@@H](n3cc(C)c(=O)n(C(=O)OC(C)(C)C)c3=O)C[C@H]2OS(C)(=O)=O)(c2ccccc2)c2ccc(OC)cc2)cc1. The molecule has 0 bridgehead atoms. The summed E-state index contributed by atoms with van der Waals surface area (Å²) in [5.74, 6) is 1.26. The van der Waals surface area contributed by atoms with Gasteiger partial charge in [0.2, 0.25) is 0 Å². The van der Waals surface area contributed by atoms with Crippen LogP contribution in [0.25, 0.3) is 0 Å². The molecule has 1 saturated heterocycles. The predicted octanol–water partition coefficient (Wildman–Crippen LogP) is 4.76. The second kappa shape index (κ2) is 14.8.